The lowest BCUT2D eigenvalue weighted by Gasteiger charge is -2.20. The number of aromatic nitrogens is 2. The summed E-state index contributed by atoms with van der Waals surface area (Å²) in [5, 5.41) is 19.6. The van der Waals surface area contributed by atoms with E-state index in [1.165, 1.54) is 0 Å². The van der Waals surface area contributed by atoms with Gasteiger partial charge < -0.3 is 14.4 Å². The number of para-hydroxylation sites is 1. The molecule has 1 aromatic heterocycles. The Balaban J connectivity index is 1.58. The zero-order chi connectivity index (χ0) is 19.8. The van der Waals surface area contributed by atoms with Crippen molar-refractivity contribution in [1.82, 2.24) is 10.2 Å². The molecule has 0 fully saturated rings. The first-order valence-electron chi connectivity index (χ1n) is 9.25. The van der Waals surface area contributed by atoms with Crippen LogP contribution in [-0.2, 0) is 16.9 Å². The van der Waals surface area contributed by atoms with Crippen molar-refractivity contribution in [2.75, 3.05) is 4.90 Å². The number of hydrogen-bond donors (Lipinski definition) is 1. The van der Waals surface area contributed by atoms with Gasteiger partial charge in [-0.05, 0) is 23.8 Å². The van der Waals surface area contributed by atoms with Crippen molar-refractivity contribution in [2.24, 2.45) is 0 Å². The number of aliphatic hydroxyl groups is 1. The molecule has 6 nitrogen and oxygen atoms in total. The molecule has 5 rings (SSSR count). The first kappa shape index (κ1) is 17.3. The van der Waals surface area contributed by atoms with Gasteiger partial charge in [0.2, 0.25) is 11.5 Å². The summed E-state index contributed by atoms with van der Waals surface area (Å²) < 4.78 is 5.76. The van der Waals surface area contributed by atoms with Gasteiger partial charge in [0, 0.05) is 11.1 Å². The zero-order valence-corrected chi connectivity index (χ0v) is 15.4. The van der Waals surface area contributed by atoms with Crippen molar-refractivity contribution in [3.8, 4) is 11.5 Å². The van der Waals surface area contributed by atoms with Gasteiger partial charge in [0.25, 0.3) is 11.8 Å². The van der Waals surface area contributed by atoms with E-state index in [-0.39, 0.29) is 11.8 Å². The van der Waals surface area contributed by atoms with E-state index in [4.69, 9.17) is 4.42 Å². The molecule has 1 atom stereocenters. The van der Waals surface area contributed by atoms with Crippen molar-refractivity contribution in [3.63, 3.8) is 0 Å². The Kier molecular flexibility index (Phi) is 4.00. The first-order valence-corrected chi connectivity index (χ1v) is 9.25. The molecule has 1 N–H and O–H groups in total. The van der Waals surface area contributed by atoms with Gasteiger partial charge in [0.1, 0.15) is 0 Å². The quantitative estimate of drug-likeness (QED) is 0.583. The lowest BCUT2D eigenvalue weighted by molar-refractivity contribution is -0.134. The van der Waals surface area contributed by atoms with E-state index in [1.807, 2.05) is 72.8 Å². The third-order valence-electron chi connectivity index (χ3n) is 5.08. The summed E-state index contributed by atoms with van der Waals surface area (Å²) in [4.78, 5) is 14.9. The Morgan fingerprint density at radius 3 is 2.28 bits per heavy atom. The Hall–Kier alpha value is -3.77. The molecule has 0 saturated heterocycles. The molecule has 0 aliphatic carbocycles. The van der Waals surface area contributed by atoms with Crippen molar-refractivity contribution < 1.29 is 14.3 Å². The summed E-state index contributed by atoms with van der Waals surface area (Å²) in [6.07, 6.45) is 0. The lowest BCUT2D eigenvalue weighted by atomic mass is 9.95. The zero-order valence-electron chi connectivity index (χ0n) is 15.4. The van der Waals surface area contributed by atoms with Crippen molar-refractivity contribution >= 4 is 11.6 Å². The molecule has 0 bridgehead atoms. The topological polar surface area (TPSA) is 79.5 Å². The van der Waals surface area contributed by atoms with E-state index in [2.05, 4.69) is 10.2 Å². The van der Waals surface area contributed by atoms with E-state index >= 15 is 0 Å². The van der Waals surface area contributed by atoms with E-state index in [1.54, 1.807) is 17.0 Å². The maximum Gasteiger partial charge on any atom is 0.274 e. The number of nitrogens with zero attached hydrogens (tertiary/aromatic N) is 3. The van der Waals surface area contributed by atoms with E-state index in [9.17, 15) is 9.90 Å². The van der Waals surface area contributed by atoms with Gasteiger partial charge >= 0.3 is 0 Å². The van der Waals surface area contributed by atoms with Gasteiger partial charge in [0.05, 0.1) is 12.2 Å². The van der Waals surface area contributed by atoms with Gasteiger partial charge in [0.15, 0.2) is 0 Å². The molecule has 0 unspecified atom stereocenters. The van der Waals surface area contributed by atoms with Gasteiger partial charge in [-0.1, -0.05) is 66.7 Å². The molecule has 1 amide bonds. The second-order valence-corrected chi connectivity index (χ2v) is 6.88. The third kappa shape index (κ3) is 2.73. The molecule has 0 spiro atoms. The third-order valence-corrected chi connectivity index (χ3v) is 5.08. The Morgan fingerprint density at radius 1 is 0.862 bits per heavy atom. The summed E-state index contributed by atoms with van der Waals surface area (Å²) in [6.45, 7) is 0.332. The first-order chi connectivity index (χ1) is 14.2. The second-order valence-electron chi connectivity index (χ2n) is 6.88. The van der Waals surface area contributed by atoms with E-state index in [0.29, 0.717) is 17.8 Å². The standard InChI is InChI=1S/C23H17N3O3/c27-22-23(28,21-25-24-20(29-21)17-11-5-2-6-12-17)18-13-7-8-14-19(18)26(22)15-16-9-3-1-4-10-16/h1-14,28H,15H2/t23-/m1/s1. The van der Waals surface area contributed by atoms with Crippen LogP contribution < -0.4 is 4.90 Å². The fourth-order valence-corrected chi connectivity index (χ4v) is 3.63. The van der Waals surface area contributed by atoms with Gasteiger partial charge in [-0.3, -0.25) is 4.79 Å². The van der Waals surface area contributed by atoms with E-state index in [0.717, 1.165) is 11.1 Å². The molecule has 142 valence electrons. The highest BCUT2D eigenvalue weighted by Crippen LogP contribution is 2.44. The van der Waals surface area contributed by atoms with Crippen LogP contribution in [0.2, 0.25) is 0 Å². The van der Waals surface area contributed by atoms with Crippen molar-refractivity contribution in [2.45, 2.75) is 12.1 Å². The van der Waals surface area contributed by atoms with Crippen LogP contribution in [0.1, 0.15) is 17.0 Å². The molecule has 1 aliphatic heterocycles. The number of fused-ring (bicyclic) bond motifs is 1. The fourth-order valence-electron chi connectivity index (χ4n) is 3.63. The second kappa shape index (κ2) is 6.68. The highest BCUT2D eigenvalue weighted by Gasteiger charge is 2.55. The Bertz CT molecular complexity index is 1170. The summed E-state index contributed by atoms with van der Waals surface area (Å²) in [7, 11) is 0. The van der Waals surface area contributed by atoms with E-state index < -0.39 is 11.5 Å². The number of carbonyl (C=O) groups is 1. The van der Waals surface area contributed by atoms with Crippen LogP contribution in [0.5, 0.6) is 0 Å². The number of rotatable bonds is 4. The Labute approximate surface area is 167 Å². The smallest absolute Gasteiger partial charge is 0.274 e. The highest BCUT2D eigenvalue weighted by atomic mass is 16.4. The average molecular weight is 383 g/mol. The van der Waals surface area contributed by atoms with Crippen molar-refractivity contribution in [3.05, 3.63) is 102 Å². The molecular formula is C23H17N3O3. The maximum absolute atomic E-state index is 13.4. The van der Waals surface area contributed by atoms with Crippen LogP contribution in [0.25, 0.3) is 11.5 Å². The molecular weight excluding hydrogens is 366 g/mol. The molecule has 0 radical (unpaired) electrons. The molecule has 1 aliphatic rings. The van der Waals surface area contributed by atoms with Gasteiger partial charge in [-0.15, -0.1) is 10.2 Å². The maximum atomic E-state index is 13.4. The number of carbonyl (C=O) groups excluding carboxylic acids is 1. The summed E-state index contributed by atoms with van der Waals surface area (Å²) in [5.74, 6) is -0.393. The molecule has 6 heteroatoms. The predicted molar refractivity (Wildman–Crippen MR) is 107 cm³/mol. The number of anilines is 1. The normalized spacial score (nSPS) is 18.1. The van der Waals surface area contributed by atoms with Crippen LogP contribution >= 0.6 is 0 Å². The lowest BCUT2D eigenvalue weighted by Crippen LogP contribution is -2.41. The predicted octanol–water partition coefficient (Wildman–Crippen LogP) is 3.52. The summed E-state index contributed by atoms with van der Waals surface area (Å²) in [6, 6.07) is 26.0. The molecule has 4 aromatic rings. The fraction of sp³-hybridized carbons (Fsp3) is 0.0870. The molecule has 2 heterocycles. The molecule has 3 aromatic carbocycles. The summed E-state index contributed by atoms with van der Waals surface area (Å²) >= 11 is 0. The van der Waals surface area contributed by atoms with Crippen LogP contribution in [0.3, 0.4) is 0 Å². The number of hydrogen-bond acceptors (Lipinski definition) is 5. The van der Waals surface area contributed by atoms with Gasteiger partial charge in [-0.2, -0.15) is 0 Å². The van der Waals surface area contributed by atoms with Crippen LogP contribution in [-0.4, -0.2) is 21.2 Å². The SMILES string of the molecule is O=C1N(Cc2ccccc2)c2ccccc2[C@@]1(O)c1nnc(-c2ccccc2)o1. The number of benzene rings is 3. The Morgan fingerprint density at radius 2 is 1.52 bits per heavy atom. The highest BCUT2D eigenvalue weighted by molar-refractivity contribution is 6.08. The minimum atomic E-state index is -2.02. The van der Waals surface area contributed by atoms with Crippen molar-refractivity contribution in [1.29, 1.82) is 0 Å². The largest absolute Gasteiger partial charge is 0.417 e. The van der Waals surface area contributed by atoms with Crippen LogP contribution in [0.4, 0.5) is 5.69 Å². The summed E-state index contributed by atoms with van der Waals surface area (Å²) in [5.41, 5.74) is 0.712. The van der Waals surface area contributed by atoms with Crippen LogP contribution in [0, 0.1) is 0 Å². The van der Waals surface area contributed by atoms with Crippen LogP contribution in [0.15, 0.2) is 89.3 Å². The minimum Gasteiger partial charge on any atom is -0.417 e. The number of amides is 1. The monoisotopic (exact) mass is 383 g/mol. The average Bonchev–Trinajstić information content (AvgIpc) is 3.35. The minimum absolute atomic E-state index is 0.135. The molecule has 29 heavy (non-hydrogen) atoms. The van der Waals surface area contributed by atoms with Gasteiger partial charge in [-0.25, -0.2) is 0 Å². The molecule has 0 saturated carbocycles.